The molecule has 4 rings (SSSR count). The van der Waals surface area contributed by atoms with Gasteiger partial charge in [0.15, 0.2) is 15.0 Å². The first-order chi connectivity index (χ1) is 13.1. The van der Waals surface area contributed by atoms with E-state index in [0.29, 0.717) is 13.0 Å². The lowest BCUT2D eigenvalue weighted by Crippen LogP contribution is -2.38. The molecule has 0 bridgehead atoms. The van der Waals surface area contributed by atoms with E-state index in [-0.39, 0.29) is 27.6 Å². The molecule has 3 atom stereocenters. The Hall–Kier alpha value is -1.59. The van der Waals surface area contributed by atoms with Crippen LogP contribution in [0.1, 0.15) is 18.4 Å². The van der Waals surface area contributed by atoms with Crippen LogP contribution in [-0.4, -0.2) is 55.0 Å². The molecular weight excluding hydrogens is 417 g/mol. The number of amides is 1. The number of hydrogen-bond donors (Lipinski definition) is 0. The predicted molar refractivity (Wildman–Crippen MR) is 99.2 cm³/mol. The highest BCUT2D eigenvalue weighted by molar-refractivity contribution is 8.16. The molecule has 1 aromatic rings. The van der Waals surface area contributed by atoms with Gasteiger partial charge in [-0.2, -0.15) is 18.2 Å². The summed E-state index contributed by atoms with van der Waals surface area (Å²) in [5, 5.41) is -0.152. The zero-order chi connectivity index (χ0) is 20.1. The van der Waals surface area contributed by atoms with Crippen molar-refractivity contribution >= 4 is 38.4 Å². The third-order valence-corrected chi connectivity index (χ3v) is 8.14. The van der Waals surface area contributed by atoms with Gasteiger partial charge in [-0.3, -0.25) is 4.79 Å². The van der Waals surface area contributed by atoms with Gasteiger partial charge in [0.2, 0.25) is 0 Å². The van der Waals surface area contributed by atoms with Crippen molar-refractivity contribution in [3.63, 3.8) is 0 Å². The number of benzene rings is 1. The Kier molecular flexibility index (Phi) is 4.95. The number of nitrogens with zero attached hydrogens (tertiary/aromatic N) is 2. The van der Waals surface area contributed by atoms with E-state index in [1.807, 2.05) is 0 Å². The number of hydrogen-bond acceptors (Lipinski definition) is 5. The summed E-state index contributed by atoms with van der Waals surface area (Å²) in [6.07, 6.45) is -3.89. The van der Waals surface area contributed by atoms with E-state index in [2.05, 4.69) is 4.99 Å². The van der Waals surface area contributed by atoms with Crippen LogP contribution in [0.5, 0.6) is 0 Å². The summed E-state index contributed by atoms with van der Waals surface area (Å²) in [6, 6.07) is 4.08. The van der Waals surface area contributed by atoms with Gasteiger partial charge in [-0.25, -0.2) is 8.42 Å². The molecule has 28 heavy (non-hydrogen) atoms. The minimum Gasteiger partial charge on any atom is -0.368 e. The van der Waals surface area contributed by atoms with Gasteiger partial charge in [-0.05, 0) is 31.0 Å². The van der Waals surface area contributed by atoms with Crippen LogP contribution in [0.4, 0.5) is 18.9 Å². The van der Waals surface area contributed by atoms with Crippen LogP contribution in [0.3, 0.4) is 0 Å². The fourth-order valence-corrected chi connectivity index (χ4v) is 7.56. The first-order valence-electron chi connectivity index (χ1n) is 8.72. The van der Waals surface area contributed by atoms with Gasteiger partial charge in [0.25, 0.3) is 5.91 Å². The highest BCUT2D eigenvalue weighted by Gasteiger charge is 2.50. The maximum atomic E-state index is 13.1. The molecule has 0 radical (unpaired) electrons. The topological polar surface area (TPSA) is 76.0 Å². The second-order valence-electron chi connectivity index (χ2n) is 6.95. The van der Waals surface area contributed by atoms with E-state index in [4.69, 9.17) is 4.74 Å². The molecule has 3 aliphatic heterocycles. The molecule has 0 aliphatic carbocycles. The SMILES string of the molecule is O=C(N=C1S[C@@H]2CS(=O)(=O)C[C@H]2N1c1cccc(C(F)(F)F)c1)[C@H]1CCCO1. The molecule has 3 aliphatic rings. The van der Waals surface area contributed by atoms with Gasteiger partial charge in [-0.1, -0.05) is 17.8 Å². The molecular formula is C17H17F3N2O4S2. The maximum absolute atomic E-state index is 13.1. The first-order valence-corrected chi connectivity index (χ1v) is 11.4. The molecule has 0 N–H and O–H groups in total. The Morgan fingerprint density at radius 3 is 2.75 bits per heavy atom. The van der Waals surface area contributed by atoms with Crippen LogP contribution in [-0.2, 0) is 25.5 Å². The average Bonchev–Trinajstić information content (AvgIpc) is 3.28. The zero-order valence-corrected chi connectivity index (χ0v) is 16.2. The molecule has 1 amide bonds. The lowest BCUT2D eigenvalue weighted by molar-refractivity contribution is -0.137. The van der Waals surface area contributed by atoms with Crippen LogP contribution < -0.4 is 4.90 Å². The van der Waals surface area contributed by atoms with Crippen molar-refractivity contribution in [2.45, 2.75) is 36.4 Å². The Morgan fingerprint density at radius 1 is 1.29 bits per heavy atom. The monoisotopic (exact) mass is 434 g/mol. The zero-order valence-electron chi connectivity index (χ0n) is 14.6. The largest absolute Gasteiger partial charge is 0.416 e. The number of sulfone groups is 1. The standard InChI is InChI=1S/C17H17F3N2O4S2/c18-17(19,20)10-3-1-4-11(7-10)22-12-8-28(24,25)9-14(12)27-16(22)21-15(23)13-5-2-6-26-13/h1,3-4,7,12-14H,2,5-6,8-9H2/t12-,13-,14-/m1/s1. The number of halogens is 3. The second-order valence-corrected chi connectivity index (χ2v) is 10.3. The number of fused-ring (bicyclic) bond motifs is 1. The molecule has 0 spiro atoms. The van der Waals surface area contributed by atoms with E-state index >= 15 is 0 Å². The summed E-state index contributed by atoms with van der Waals surface area (Å²) < 4.78 is 68.8. The van der Waals surface area contributed by atoms with E-state index in [1.54, 1.807) is 0 Å². The first kappa shape index (κ1) is 19.7. The van der Waals surface area contributed by atoms with Crippen LogP contribution in [0.15, 0.2) is 29.3 Å². The minimum atomic E-state index is -4.53. The van der Waals surface area contributed by atoms with E-state index in [9.17, 15) is 26.4 Å². The molecule has 3 saturated heterocycles. The minimum absolute atomic E-state index is 0.0923. The maximum Gasteiger partial charge on any atom is 0.416 e. The van der Waals surface area contributed by atoms with Crippen molar-refractivity contribution in [3.8, 4) is 0 Å². The van der Waals surface area contributed by atoms with Gasteiger partial charge in [0.05, 0.1) is 23.1 Å². The lowest BCUT2D eigenvalue weighted by atomic mass is 10.1. The van der Waals surface area contributed by atoms with Crippen LogP contribution in [0, 0.1) is 0 Å². The highest BCUT2D eigenvalue weighted by atomic mass is 32.2. The molecule has 3 fully saturated rings. The van der Waals surface area contributed by atoms with E-state index in [1.165, 1.54) is 17.0 Å². The van der Waals surface area contributed by atoms with Gasteiger partial charge < -0.3 is 9.64 Å². The Labute approximate surface area is 164 Å². The number of carbonyl (C=O) groups is 1. The fraction of sp³-hybridized carbons (Fsp3) is 0.529. The van der Waals surface area contributed by atoms with Crippen molar-refractivity contribution in [2.75, 3.05) is 23.0 Å². The molecule has 3 heterocycles. The van der Waals surface area contributed by atoms with Crippen LogP contribution in [0.2, 0.25) is 0 Å². The molecule has 0 saturated carbocycles. The quantitative estimate of drug-likeness (QED) is 0.712. The lowest BCUT2D eigenvalue weighted by Gasteiger charge is -2.25. The normalized spacial score (nSPS) is 30.8. The third-order valence-electron chi connectivity index (χ3n) is 4.93. The van der Waals surface area contributed by atoms with Crippen LogP contribution >= 0.6 is 11.8 Å². The summed E-state index contributed by atoms with van der Waals surface area (Å²) in [7, 11) is -3.30. The van der Waals surface area contributed by atoms with Gasteiger partial charge in [0, 0.05) is 17.5 Å². The average molecular weight is 434 g/mol. The molecule has 11 heteroatoms. The summed E-state index contributed by atoms with van der Waals surface area (Å²) in [6.45, 7) is 0.467. The van der Waals surface area contributed by atoms with Crippen molar-refractivity contribution in [2.24, 2.45) is 4.99 Å². The molecule has 1 aromatic carbocycles. The Morgan fingerprint density at radius 2 is 2.07 bits per heavy atom. The third kappa shape index (κ3) is 3.79. The fourth-order valence-electron chi connectivity index (χ4n) is 3.64. The van der Waals surface area contributed by atoms with E-state index < -0.39 is 39.6 Å². The number of rotatable bonds is 2. The van der Waals surface area contributed by atoms with Crippen LogP contribution in [0.25, 0.3) is 0 Å². The van der Waals surface area contributed by atoms with Crippen molar-refractivity contribution in [1.29, 1.82) is 0 Å². The number of thioether (sulfide) groups is 1. The number of aliphatic imine (C=N–C) groups is 1. The predicted octanol–water partition coefficient (Wildman–Crippen LogP) is 2.49. The van der Waals surface area contributed by atoms with Crippen molar-refractivity contribution in [1.82, 2.24) is 0 Å². The van der Waals surface area contributed by atoms with E-state index in [0.717, 1.165) is 30.3 Å². The molecule has 6 nitrogen and oxygen atoms in total. The Balaban J connectivity index is 1.72. The number of anilines is 1. The number of ether oxygens (including phenoxy) is 1. The second kappa shape index (κ2) is 7.03. The smallest absolute Gasteiger partial charge is 0.368 e. The molecule has 0 unspecified atom stereocenters. The molecule has 0 aromatic heterocycles. The number of amidine groups is 1. The van der Waals surface area contributed by atoms with Gasteiger partial charge in [-0.15, -0.1) is 0 Å². The van der Waals surface area contributed by atoms with Gasteiger partial charge in [0.1, 0.15) is 6.10 Å². The highest BCUT2D eigenvalue weighted by Crippen LogP contribution is 2.42. The van der Waals surface area contributed by atoms with Gasteiger partial charge >= 0.3 is 6.18 Å². The Bertz CT molecular complexity index is 927. The summed E-state index contributed by atoms with van der Waals surface area (Å²) in [5.41, 5.74) is -0.671. The number of alkyl halides is 3. The number of carbonyl (C=O) groups excluding carboxylic acids is 1. The molecule has 152 valence electrons. The summed E-state index contributed by atoms with van der Waals surface area (Å²) in [5.74, 6) is -0.765. The van der Waals surface area contributed by atoms with Crippen molar-refractivity contribution in [3.05, 3.63) is 29.8 Å². The summed E-state index contributed by atoms with van der Waals surface area (Å²) in [4.78, 5) is 18.0. The van der Waals surface area contributed by atoms with Crippen molar-refractivity contribution < 1.29 is 31.1 Å². The summed E-state index contributed by atoms with van der Waals surface area (Å²) >= 11 is 1.13.